The summed E-state index contributed by atoms with van der Waals surface area (Å²) in [4.78, 5) is 10.9. The Balaban J connectivity index is 1.23. The minimum atomic E-state index is 0.434. The second-order valence-electron chi connectivity index (χ2n) is 6.89. The summed E-state index contributed by atoms with van der Waals surface area (Å²) in [5.41, 5.74) is 0.777. The highest BCUT2D eigenvalue weighted by Crippen LogP contribution is 2.38. The van der Waals surface area contributed by atoms with Crippen molar-refractivity contribution in [3.8, 4) is 5.88 Å². The van der Waals surface area contributed by atoms with Crippen LogP contribution in [0.3, 0.4) is 0 Å². The number of hydrogen-bond donors (Lipinski definition) is 0. The van der Waals surface area contributed by atoms with E-state index in [1.807, 2.05) is 16.6 Å². The molecule has 8 nitrogen and oxygen atoms in total. The number of rotatable bonds is 5. The molecule has 1 aliphatic heterocycles. The van der Waals surface area contributed by atoms with Gasteiger partial charge in [-0.3, -0.25) is 0 Å². The van der Waals surface area contributed by atoms with Gasteiger partial charge in [0.1, 0.15) is 0 Å². The van der Waals surface area contributed by atoms with Crippen molar-refractivity contribution in [1.82, 2.24) is 29.8 Å². The van der Waals surface area contributed by atoms with Crippen molar-refractivity contribution in [2.45, 2.75) is 25.2 Å². The Hall–Kier alpha value is -2.29. The molecule has 0 N–H and O–H groups in total. The van der Waals surface area contributed by atoms with Gasteiger partial charge in [0.15, 0.2) is 11.5 Å². The summed E-state index contributed by atoms with van der Waals surface area (Å²) in [7, 11) is 0. The molecule has 0 spiro atoms. The minimum Gasteiger partial charge on any atom is -0.476 e. The van der Waals surface area contributed by atoms with E-state index in [4.69, 9.17) is 4.74 Å². The Morgan fingerprint density at radius 1 is 1.12 bits per heavy atom. The molecule has 1 aliphatic carbocycles. The molecule has 134 valence electrons. The SMILES string of the molecule is Brc1cnc(N2CCC(COc3ccc4nnc(C5CC5)n4n3)C2)nc1. The van der Waals surface area contributed by atoms with Crippen LogP contribution in [0.25, 0.3) is 5.65 Å². The standard InChI is InChI=1S/C17H18BrN7O/c18-13-7-19-17(20-8-13)24-6-5-11(9-24)10-26-15-4-3-14-21-22-16(12-1-2-12)25(14)23-15/h3-4,7-8,11-12H,1-2,5-6,9-10H2. The molecule has 2 aliphatic rings. The smallest absolute Gasteiger partial charge is 0.231 e. The van der Waals surface area contributed by atoms with E-state index in [-0.39, 0.29) is 0 Å². The van der Waals surface area contributed by atoms with Gasteiger partial charge in [0.25, 0.3) is 0 Å². The van der Waals surface area contributed by atoms with Crippen molar-refractivity contribution in [2.75, 3.05) is 24.6 Å². The van der Waals surface area contributed by atoms with E-state index in [1.54, 1.807) is 12.4 Å². The van der Waals surface area contributed by atoms with Gasteiger partial charge in [0.2, 0.25) is 11.8 Å². The Bertz CT molecular complexity index is 925. The van der Waals surface area contributed by atoms with Crippen LogP contribution in [0.2, 0.25) is 0 Å². The lowest BCUT2D eigenvalue weighted by Crippen LogP contribution is -2.23. The molecule has 0 amide bonds. The maximum Gasteiger partial charge on any atom is 0.231 e. The minimum absolute atomic E-state index is 0.434. The largest absolute Gasteiger partial charge is 0.476 e. The number of halogens is 1. The fraction of sp³-hybridized carbons (Fsp3) is 0.471. The van der Waals surface area contributed by atoms with Crippen molar-refractivity contribution in [3.63, 3.8) is 0 Å². The first-order chi connectivity index (χ1) is 12.8. The monoisotopic (exact) mass is 415 g/mol. The fourth-order valence-corrected chi connectivity index (χ4v) is 3.49. The number of fused-ring (bicyclic) bond motifs is 1. The Morgan fingerprint density at radius 3 is 2.77 bits per heavy atom. The highest BCUT2D eigenvalue weighted by molar-refractivity contribution is 9.10. The third-order valence-electron chi connectivity index (χ3n) is 4.85. The van der Waals surface area contributed by atoms with Crippen molar-refractivity contribution in [3.05, 3.63) is 34.8 Å². The van der Waals surface area contributed by atoms with Crippen molar-refractivity contribution in [1.29, 1.82) is 0 Å². The normalized spacial score (nSPS) is 20.0. The van der Waals surface area contributed by atoms with Crippen LogP contribution >= 0.6 is 15.9 Å². The van der Waals surface area contributed by atoms with E-state index in [9.17, 15) is 0 Å². The predicted molar refractivity (Wildman–Crippen MR) is 98.3 cm³/mol. The Kier molecular flexibility index (Phi) is 3.96. The Labute approximate surface area is 158 Å². The first-order valence-electron chi connectivity index (χ1n) is 8.84. The van der Waals surface area contributed by atoms with Crippen LogP contribution in [-0.4, -0.2) is 49.5 Å². The average molecular weight is 416 g/mol. The fourth-order valence-electron chi connectivity index (χ4n) is 3.28. The Morgan fingerprint density at radius 2 is 1.96 bits per heavy atom. The van der Waals surface area contributed by atoms with Gasteiger partial charge in [-0.25, -0.2) is 9.97 Å². The highest BCUT2D eigenvalue weighted by atomic mass is 79.9. The van der Waals surface area contributed by atoms with E-state index in [1.165, 1.54) is 12.8 Å². The second-order valence-corrected chi connectivity index (χ2v) is 7.80. The van der Waals surface area contributed by atoms with Gasteiger partial charge in [-0.15, -0.1) is 15.3 Å². The lowest BCUT2D eigenvalue weighted by molar-refractivity contribution is 0.248. The van der Waals surface area contributed by atoms with Crippen molar-refractivity contribution >= 4 is 27.5 Å². The summed E-state index contributed by atoms with van der Waals surface area (Å²) < 4.78 is 8.68. The maximum atomic E-state index is 5.96. The molecule has 0 radical (unpaired) electrons. The second kappa shape index (κ2) is 6.46. The van der Waals surface area contributed by atoms with Crippen molar-refractivity contribution < 1.29 is 4.74 Å². The molecule has 3 aromatic rings. The van der Waals surface area contributed by atoms with Crippen LogP contribution in [0.4, 0.5) is 5.95 Å². The zero-order valence-corrected chi connectivity index (χ0v) is 15.7. The number of nitrogens with zero attached hydrogens (tertiary/aromatic N) is 7. The van der Waals surface area contributed by atoms with Crippen LogP contribution < -0.4 is 9.64 Å². The molecule has 0 aromatic carbocycles. The van der Waals surface area contributed by atoms with Gasteiger partial charge in [0, 0.05) is 43.4 Å². The van der Waals surface area contributed by atoms with Crippen LogP contribution in [-0.2, 0) is 0 Å². The van der Waals surface area contributed by atoms with Gasteiger partial charge in [0.05, 0.1) is 11.1 Å². The first kappa shape index (κ1) is 15.9. The van der Waals surface area contributed by atoms with E-state index in [2.05, 4.69) is 46.1 Å². The molecule has 2 fully saturated rings. The van der Waals surface area contributed by atoms with Gasteiger partial charge >= 0.3 is 0 Å². The zero-order valence-electron chi connectivity index (χ0n) is 14.1. The molecule has 3 aromatic heterocycles. The van der Waals surface area contributed by atoms with Crippen LogP contribution in [0.1, 0.15) is 31.0 Å². The third-order valence-corrected chi connectivity index (χ3v) is 5.26. The summed E-state index contributed by atoms with van der Waals surface area (Å²) >= 11 is 3.37. The van der Waals surface area contributed by atoms with Crippen LogP contribution in [0.15, 0.2) is 29.0 Å². The van der Waals surface area contributed by atoms with Gasteiger partial charge in [-0.05, 0) is 41.3 Å². The molecule has 1 saturated carbocycles. The zero-order chi connectivity index (χ0) is 17.5. The molecule has 4 heterocycles. The predicted octanol–water partition coefficient (Wildman–Crippen LogP) is 2.46. The van der Waals surface area contributed by atoms with E-state index < -0.39 is 0 Å². The van der Waals surface area contributed by atoms with Crippen LogP contribution in [0, 0.1) is 5.92 Å². The summed E-state index contributed by atoms with van der Waals surface area (Å²) in [5, 5.41) is 13.0. The van der Waals surface area contributed by atoms with E-state index >= 15 is 0 Å². The molecule has 5 rings (SSSR count). The number of anilines is 1. The lowest BCUT2D eigenvalue weighted by Gasteiger charge is -2.16. The molecule has 26 heavy (non-hydrogen) atoms. The number of ether oxygens (including phenoxy) is 1. The average Bonchev–Trinajstić information content (AvgIpc) is 3.24. The molecule has 9 heteroatoms. The molecule has 1 unspecified atom stereocenters. The van der Waals surface area contributed by atoms with E-state index in [0.717, 1.165) is 41.4 Å². The first-order valence-corrected chi connectivity index (χ1v) is 9.63. The summed E-state index contributed by atoms with van der Waals surface area (Å²) in [6.07, 6.45) is 6.96. The van der Waals surface area contributed by atoms with Gasteiger partial charge in [-0.1, -0.05) is 0 Å². The third kappa shape index (κ3) is 3.11. The molecule has 0 bridgehead atoms. The van der Waals surface area contributed by atoms with Crippen molar-refractivity contribution in [2.24, 2.45) is 5.92 Å². The quantitative estimate of drug-likeness (QED) is 0.632. The van der Waals surface area contributed by atoms with E-state index in [0.29, 0.717) is 24.3 Å². The molecular weight excluding hydrogens is 398 g/mol. The summed E-state index contributed by atoms with van der Waals surface area (Å²) in [6, 6.07) is 3.78. The molecular formula is C17H18BrN7O. The van der Waals surface area contributed by atoms with Gasteiger partial charge < -0.3 is 9.64 Å². The molecule has 1 atom stereocenters. The van der Waals surface area contributed by atoms with Crippen LogP contribution in [0.5, 0.6) is 5.88 Å². The topological polar surface area (TPSA) is 81.3 Å². The summed E-state index contributed by atoms with van der Waals surface area (Å²) in [6.45, 7) is 2.47. The molecule has 1 saturated heterocycles. The summed E-state index contributed by atoms with van der Waals surface area (Å²) in [5.74, 6) is 3.28. The highest BCUT2D eigenvalue weighted by Gasteiger charge is 2.29. The lowest BCUT2D eigenvalue weighted by atomic mass is 10.1. The maximum absolute atomic E-state index is 5.96. The van der Waals surface area contributed by atoms with Gasteiger partial charge in [-0.2, -0.15) is 4.52 Å². The number of hydrogen-bond acceptors (Lipinski definition) is 7. The number of aromatic nitrogens is 6.